The maximum absolute atomic E-state index is 11.2. The van der Waals surface area contributed by atoms with E-state index in [4.69, 9.17) is 0 Å². The summed E-state index contributed by atoms with van der Waals surface area (Å²) in [5.41, 5.74) is 0. The van der Waals surface area contributed by atoms with Gasteiger partial charge in [0.1, 0.15) is 6.33 Å². The zero-order chi connectivity index (χ0) is 10.4. The molecule has 0 bridgehead atoms. The molecule has 1 amide bonds. The van der Waals surface area contributed by atoms with E-state index < -0.39 is 5.91 Å². The van der Waals surface area contributed by atoms with Crippen molar-refractivity contribution in [1.29, 1.82) is 0 Å². The Morgan fingerprint density at radius 2 is 2.43 bits per heavy atom. The van der Waals surface area contributed by atoms with Gasteiger partial charge in [-0.05, 0) is 0 Å². The van der Waals surface area contributed by atoms with E-state index in [0.717, 1.165) is 0 Å². The number of hydrogen-bond donors (Lipinski definition) is 2. The van der Waals surface area contributed by atoms with Gasteiger partial charge in [0.25, 0.3) is 5.91 Å². The van der Waals surface area contributed by atoms with E-state index >= 15 is 0 Å². The summed E-state index contributed by atoms with van der Waals surface area (Å²) in [6.45, 7) is 0.214. The van der Waals surface area contributed by atoms with Gasteiger partial charge in [-0.25, -0.2) is 4.98 Å². The van der Waals surface area contributed by atoms with Crippen molar-refractivity contribution in [3.05, 3.63) is 12.2 Å². The number of ether oxygens (including phenoxy) is 1. The van der Waals surface area contributed by atoms with E-state index in [2.05, 4.69) is 25.2 Å². The van der Waals surface area contributed by atoms with E-state index in [-0.39, 0.29) is 24.8 Å². The summed E-state index contributed by atoms with van der Waals surface area (Å²) >= 11 is 0. The highest BCUT2D eigenvalue weighted by Crippen LogP contribution is 1.86. The van der Waals surface area contributed by atoms with E-state index in [0.29, 0.717) is 0 Å². The smallest absolute Gasteiger partial charge is 0.307 e. The van der Waals surface area contributed by atoms with Crippen LogP contribution in [0.3, 0.4) is 0 Å². The molecule has 0 atom stereocenters. The van der Waals surface area contributed by atoms with Gasteiger partial charge in [-0.1, -0.05) is 0 Å². The molecule has 1 aromatic rings. The lowest BCUT2D eigenvalue weighted by Crippen LogP contribution is -2.27. The van der Waals surface area contributed by atoms with Crippen molar-refractivity contribution in [2.75, 3.05) is 13.7 Å². The maximum atomic E-state index is 11.2. The van der Waals surface area contributed by atoms with Gasteiger partial charge in [-0.3, -0.25) is 14.7 Å². The predicted molar refractivity (Wildman–Crippen MR) is 45.3 cm³/mol. The van der Waals surface area contributed by atoms with Crippen LogP contribution in [0, 0.1) is 0 Å². The number of hydrogen-bond acceptors (Lipinski definition) is 5. The number of carbonyl (C=O) groups excluding carboxylic acids is 2. The van der Waals surface area contributed by atoms with Crippen molar-refractivity contribution in [1.82, 2.24) is 20.5 Å². The van der Waals surface area contributed by atoms with Crippen molar-refractivity contribution < 1.29 is 14.3 Å². The van der Waals surface area contributed by atoms with E-state index in [9.17, 15) is 9.59 Å². The lowest BCUT2D eigenvalue weighted by atomic mass is 10.4. The minimum atomic E-state index is -0.397. The lowest BCUT2D eigenvalue weighted by molar-refractivity contribution is -0.140. The third-order valence-electron chi connectivity index (χ3n) is 1.47. The minimum absolute atomic E-state index is 0.120. The molecule has 0 saturated carbocycles. The number of nitrogens with zero attached hydrogens (tertiary/aromatic N) is 2. The zero-order valence-electron chi connectivity index (χ0n) is 7.61. The second-order valence-electron chi connectivity index (χ2n) is 2.42. The monoisotopic (exact) mass is 198 g/mol. The molecule has 1 heterocycles. The SMILES string of the molecule is COC(=O)CCNC(=O)c1ncn[nH]1. The summed E-state index contributed by atoms with van der Waals surface area (Å²) < 4.78 is 4.40. The summed E-state index contributed by atoms with van der Waals surface area (Å²) in [7, 11) is 1.29. The van der Waals surface area contributed by atoms with Gasteiger partial charge in [0, 0.05) is 6.54 Å². The molecule has 0 aliphatic rings. The highest BCUT2D eigenvalue weighted by atomic mass is 16.5. The Kier molecular flexibility index (Phi) is 3.59. The molecule has 1 aromatic heterocycles. The Balaban J connectivity index is 2.26. The molecule has 0 aromatic carbocycles. The van der Waals surface area contributed by atoms with Gasteiger partial charge in [0.15, 0.2) is 0 Å². The molecule has 0 unspecified atom stereocenters. The van der Waals surface area contributed by atoms with Gasteiger partial charge in [0.2, 0.25) is 5.82 Å². The van der Waals surface area contributed by atoms with Crippen molar-refractivity contribution >= 4 is 11.9 Å². The first kappa shape index (κ1) is 10.2. The van der Waals surface area contributed by atoms with Gasteiger partial charge in [-0.15, -0.1) is 0 Å². The fraction of sp³-hybridized carbons (Fsp3) is 0.429. The average molecular weight is 198 g/mol. The van der Waals surface area contributed by atoms with Gasteiger partial charge < -0.3 is 10.1 Å². The van der Waals surface area contributed by atoms with Crippen molar-refractivity contribution in [2.45, 2.75) is 6.42 Å². The maximum Gasteiger partial charge on any atom is 0.307 e. The molecular formula is C7H10N4O3. The molecule has 7 heteroatoms. The summed E-state index contributed by atoms with van der Waals surface area (Å²) in [6.07, 6.45) is 1.37. The first-order valence-corrected chi connectivity index (χ1v) is 3.94. The lowest BCUT2D eigenvalue weighted by Gasteiger charge is -2.00. The van der Waals surface area contributed by atoms with Gasteiger partial charge in [-0.2, -0.15) is 5.10 Å². The second-order valence-corrected chi connectivity index (χ2v) is 2.42. The molecule has 2 N–H and O–H groups in total. The number of methoxy groups -OCH3 is 1. The molecule has 0 aliphatic heterocycles. The number of aromatic nitrogens is 3. The van der Waals surface area contributed by atoms with Crippen LogP contribution in [0.5, 0.6) is 0 Å². The second kappa shape index (κ2) is 4.95. The number of nitrogens with one attached hydrogen (secondary N) is 2. The molecule has 7 nitrogen and oxygen atoms in total. The standard InChI is InChI=1S/C7H10N4O3/c1-14-5(12)2-3-8-7(13)6-9-4-10-11-6/h4H,2-3H2,1H3,(H,8,13)(H,9,10,11). The van der Waals surface area contributed by atoms with Crippen LogP contribution in [-0.4, -0.2) is 40.7 Å². The summed E-state index contributed by atoms with van der Waals surface area (Å²) in [5.74, 6) is -0.649. The minimum Gasteiger partial charge on any atom is -0.469 e. The van der Waals surface area contributed by atoms with Crippen LogP contribution in [0.4, 0.5) is 0 Å². The number of rotatable bonds is 4. The van der Waals surface area contributed by atoms with Crippen LogP contribution in [-0.2, 0) is 9.53 Å². The third-order valence-corrected chi connectivity index (χ3v) is 1.47. The van der Waals surface area contributed by atoms with Crippen LogP contribution in [0.25, 0.3) is 0 Å². The first-order valence-electron chi connectivity index (χ1n) is 3.94. The molecule has 1 rings (SSSR count). The first-order chi connectivity index (χ1) is 6.74. The molecule has 0 saturated heterocycles. The van der Waals surface area contributed by atoms with Crippen molar-refractivity contribution in [2.24, 2.45) is 0 Å². The fourth-order valence-corrected chi connectivity index (χ4v) is 0.779. The quantitative estimate of drug-likeness (QED) is 0.611. The number of esters is 1. The molecule has 0 spiro atoms. The molecule has 76 valence electrons. The Morgan fingerprint density at radius 3 is 3.00 bits per heavy atom. The number of H-pyrrole nitrogens is 1. The molecular weight excluding hydrogens is 188 g/mol. The predicted octanol–water partition coefficient (Wildman–Crippen LogP) is -0.902. The van der Waals surface area contributed by atoms with Gasteiger partial charge >= 0.3 is 5.97 Å². The largest absolute Gasteiger partial charge is 0.469 e. The van der Waals surface area contributed by atoms with Crippen LogP contribution >= 0.6 is 0 Å². The highest BCUT2D eigenvalue weighted by Gasteiger charge is 2.08. The summed E-state index contributed by atoms with van der Waals surface area (Å²) in [5, 5.41) is 8.39. The van der Waals surface area contributed by atoms with Gasteiger partial charge in [0.05, 0.1) is 13.5 Å². The Morgan fingerprint density at radius 1 is 1.64 bits per heavy atom. The van der Waals surface area contributed by atoms with E-state index in [1.165, 1.54) is 13.4 Å². The Bertz CT molecular complexity index is 309. The van der Waals surface area contributed by atoms with Crippen LogP contribution < -0.4 is 5.32 Å². The number of carbonyl (C=O) groups is 2. The van der Waals surface area contributed by atoms with Crippen LogP contribution in [0.2, 0.25) is 0 Å². The van der Waals surface area contributed by atoms with Crippen molar-refractivity contribution in [3.8, 4) is 0 Å². The molecule has 0 aliphatic carbocycles. The van der Waals surface area contributed by atoms with Crippen LogP contribution in [0.1, 0.15) is 17.0 Å². The summed E-state index contributed by atoms with van der Waals surface area (Å²) in [6, 6.07) is 0. The normalized spacial score (nSPS) is 9.50. The van der Waals surface area contributed by atoms with Crippen molar-refractivity contribution in [3.63, 3.8) is 0 Å². The Hall–Kier alpha value is -1.92. The third kappa shape index (κ3) is 2.85. The fourth-order valence-electron chi connectivity index (χ4n) is 0.779. The molecule has 0 fully saturated rings. The van der Waals surface area contributed by atoms with E-state index in [1.54, 1.807) is 0 Å². The topological polar surface area (TPSA) is 97.0 Å². The molecule has 14 heavy (non-hydrogen) atoms. The Labute approximate surface area is 79.9 Å². The average Bonchev–Trinajstić information content (AvgIpc) is 2.70. The highest BCUT2D eigenvalue weighted by molar-refractivity contribution is 5.90. The number of aromatic amines is 1. The zero-order valence-corrected chi connectivity index (χ0v) is 7.61. The van der Waals surface area contributed by atoms with E-state index in [1.807, 2.05) is 0 Å². The summed E-state index contributed by atoms with van der Waals surface area (Å²) in [4.78, 5) is 25.5. The van der Waals surface area contributed by atoms with Crippen LogP contribution in [0.15, 0.2) is 6.33 Å². The molecule has 0 radical (unpaired) electrons. The number of amides is 1.